The number of aromatic nitrogens is 2. The van der Waals surface area contributed by atoms with Crippen LogP contribution in [-0.4, -0.2) is 29.7 Å². The molecule has 2 aromatic heterocycles. The first kappa shape index (κ1) is 14.7. The summed E-state index contributed by atoms with van der Waals surface area (Å²) in [6, 6.07) is 0. The molecule has 0 fully saturated rings. The van der Waals surface area contributed by atoms with Crippen LogP contribution in [0.4, 0.5) is 0 Å². The third-order valence-electron chi connectivity index (χ3n) is 2.78. The van der Waals surface area contributed by atoms with Gasteiger partial charge in [0.05, 0.1) is 5.69 Å². The number of hydrogen-bond acceptors (Lipinski definition) is 5. The second kappa shape index (κ2) is 5.35. The number of nitrogens with one attached hydrogen (secondary N) is 2. The van der Waals surface area contributed by atoms with Crippen molar-refractivity contribution in [2.75, 3.05) is 0 Å². The van der Waals surface area contributed by atoms with Crippen molar-refractivity contribution in [1.82, 2.24) is 14.9 Å². The van der Waals surface area contributed by atoms with E-state index < -0.39 is 21.7 Å². The molecule has 0 amide bonds. The summed E-state index contributed by atoms with van der Waals surface area (Å²) in [7, 11) is -3.94. The highest BCUT2D eigenvalue weighted by Crippen LogP contribution is 2.19. The normalized spacial score (nSPS) is 11.7. The van der Waals surface area contributed by atoms with Gasteiger partial charge in [0.2, 0.25) is 10.0 Å². The standard InChI is InChI=1S/C11H13N3O4S2/c1-6-4-19-5-8(6)3-12-20(17,18)10-7(2)13-14-9(10)11(15)16/h4-5,12H,3H2,1-2H3,(H,13,14)(H,15,16). The molecule has 3 N–H and O–H groups in total. The molecule has 9 heteroatoms. The molecule has 7 nitrogen and oxygen atoms in total. The third-order valence-corrected chi connectivity index (χ3v) is 5.25. The Morgan fingerprint density at radius 1 is 1.45 bits per heavy atom. The van der Waals surface area contributed by atoms with E-state index in [1.807, 2.05) is 17.7 Å². The van der Waals surface area contributed by atoms with E-state index in [2.05, 4.69) is 14.9 Å². The van der Waals surface area contributed by atoms with Crippen molar-refractivity contribution in [1.29, 1.82) is 0 Å². The lowest BCUT2D eigenvalue weighted by Crippen LogP contribution is -2.25. The lowest BCUT2D eigenvalue weighted by Gasteiger charge is -2.06. The minimum absolute atomic E-state index is 0.112. The Bertz CT molecular complexity index is 746. The molecule has 0 aliphatic rings. The number of thiophene rings is 1. The maximum Gasteiger partial charge on any atom is 0.357 e. The van der Waals surface area contributed by atoms with Crippen molar-refractivity contribution in [3.05, 3.63) is 33.3 Å². The average Bonchev–Trinajstić information content (AvgIpc) is 2.93. The molecule has 2 rings (SSSR count). The number of rotatable bonds is 5. The molecule has 2 aromatic rings. The molecular formula is C11H13N3O4S2. The van der Waals surface area contributed by atoms with Crippen LogP contribution in [0, 0.1) is 13.8 Å². The summed E-state index contributed by atoms with van der Waals surface area (Å²) in [4.78, 5) is 10.7. The Balaban J connectivity index is 2.29. The fourth-order valence-corrected chi connectivity index (χ4v) is 3.89. The first-order valence-electron chi connectivity index (χ1n) is 5.62. The lowest BCUT2D eigenvalue weighted by molar-refractivity contribution is 0.0686. The number of H-pyrrole nitrogens is 1. The fourth-order valence-electron chi connectivity index (χ4n) is 1.71. The molecular weight excluding hydrogens is 302 g/mol. The molecule has 0 atom stereocenters. The van der Waals surface area contributed by atoms with Crippen LogP contribution in [-0.2, 0) is 16.6 Å². The maximum atomic E-state index is 12.2. The fraction of sp³-hybridized carbons (Fsp3) is 0.273. The van der Waals surface area contributed by atoms with Crippen molar-refractivity contribution >= 4 is 27.3 Å². The summed E-state index contributed by atoms with van der Waals surface area (Å²) in [6.45, 7) is 3.46. The smallest absolute Gasteiger partial charge is 0.357 e. The number of carboxylic acids is 1. The average molecular weight is 315 g/mol. The molecule has 0 aliphatic heterocycles. The number of aromatic amines is 1. The first-order chi connectivity index (χ1) is 9.33. The van der Waals surface area contributed by atoms with Gasteiger partial charge in [-0.25, -0.2) is 17.9 Å². The van der Waals surface area contributed by atoms with E-state index in [4.69, 9.17) is 5.11 Å². The van der Waals surface area contributed by atoms with Gasteiger partial charge < -0.3 is 5.11 Å². The Hall–Kier alpha value is -1.71. The summed E-state index contributed by atoms with van der Waals surface area (Å²) in [5.74, 6) is -1.39. The van der Waals surface area contributed by atoms with Crippen LogP contribution in [0.1, 0.15) is 27.3 Å². The van der Waals surface area contributed by atoms with Gasteiger partial charge in [-0.2, -0.15) is 16.4 Å². The largest absolute Gasteiger partial charge is 0.476 e. The van der Waals surface area contributed by atoms with Gasteiger partial charge in [0, 0.05) is 6.54 Å². The van der Waals surface area contributed by atoms with Gasteiger partial charge in [0.15, 0.2) is 5.69 Å². The van der Waals surface area contributed by atoms with E-state index in [0.717, 1.165) is 11.1 Å². The quantitative estimate of drug-likeness (QED) is 0.769. The molecule has 0 saturated heterocycles. The Morgan fingerprint density at radius 3 is 2.70 bits per heavy atom. The number of aryl methyl sites for hydroxylation is 2. The van der Waals surface area contributed by atoms with Crippen LogP contribution < -0.4 is 4.72 Å². The van der Waals surface area contributed by atoms with E-state index in [0.29, 0.717) is 0 Å². The minimum atomic E-state index is -3.94. The second-order valence-corrected chi connectivity index (χ2v) is 6.68. The lowest BCUT2D eigenvalue weighted by atomic mass is 10.2. The number of aromatic carboxylic acids is 1. The molecule has 0 aromatic carbocycles. The van der Waals surface area contributed by atoms with Gasteiger partial charge in [-0.1, -0.05) is 0 Å². The zero-order valence-corrected chi connectivity index (χ0v) is 12.4. The number of carbonyl (C=O) groups is 1. The van der Waals surface area contributed by atoms with E-state index in [-0.39, 0.29) is 17.1 Å². The van der Waals surface area contributed by atoms with Crippen molar-refractivity contribution in [3.8, 4) is 0 Å². The van der Waals surface area contributed by atoms with Crippen LogP contribution in [0.3, 0.4) is 0 Å². The van der Waals surface area contributed by atoms with E-state index in [1.165, 1.54) is 18.3 Å². The van der Waals surface area contributed by atoms with Gasteiger partial charge in [-0.05, 0) is 35.7 Å². The van der Waals surface area contributed by atoms with Crippen molar-refractivity contribution < 1.29 is 18.3 Å². The Labute approximate surface area is 119 Å². The van der Waals surface area contributed by atoms with E-state index in [1.54, 1.807) is 0 Å². The maximum absolute atomic E-state index is 12.2. The third kappa shape index (κ3) is 2.74. The molecule has 0 bridgehead atoms. The van der Waals surface area contributed by atoms with Gasteiger partial charge in [0.1, 0.15) is 4.90 Å². The highest BCUT2D eigenvalue weighted by atomic mass is 32.2. The van der Waals surface area contributed by atoms with Crippen molar-refractivity contribution in [2.24, 2.45) is 0 Å². The number of nitrogens with zero attached hydrogens (tertiary/aromatic N) is 1. The zero-order chi connectivity index (χ0) is 14.9. The molecule has 20 heavy (non-hydrogen) atoms. The molecule has 2 heterocycles. The first-order valence-corrected chi connectivity index (χ1v) is 8.05. The second-order valence-electron chi connectivity index (χ2n) is 4.24. The van der Waals surface area contributed by atoms with Gasteiger partial charge in [-0.15, -0.1) is 0 Å². The molecule has 0 saturated carbocycles. The van der Waals surface area contributed by atoms with E-state index in [9.17, 15) is 13.2 Å². The van der Waals surface area contributed by atoms with Crippen LogP contribution in [0.5, 0.6) is 0 Å². The van der Waals surface area contributed by atoms with Gasteiger partial charge in [0.25, 0.3) is 0 Å². The van der Waals surface area contributed by atoms with Crippen LogP contribution in [0.25, 0.3) is 0 Å². The molecule has 0 unspecified atom stereocenters. The summed E-state index contributed by atoms with van der Waals surface area (Å²) in [5.41, 5.74) is 1.53. The number of hydrogen-bond donors (Lipinski definition) is 3. The topological polar surface area (TPSA) is 112 Å². The monoisotopic (exact) mass is 315 g/mol. The summed E-state index contributed by atoms with van der Waals surface area (Å²) >= 11 is 1.48. The predicted molar refractivity (Wildman–Crippen MR) is 73.4 cm³/mol. The summed E-state index contributed by atoms with van der Waals surface area (Å²) in [6.07, 6.45) is 0. The zero-order valence-electron chi connectivity index (χ0n) is 10.8. The van der Waals surface area contributed by atoms with Crippen LogP contribution in [0.2, 0.25) is 0 Å². The summed E-state index contributed by atoms with van der Waals surface area (Å²) in [5, 5.41) is 18.6. The molecule has 0 spiro atoms. The van der Waals surface area contributed by atoms with Gasteiger partial charge >= 0.3 is 5.97 Å². The van der Waals surface area contributed by atoms with Gasteiger partial charge in [-0.3, -0.25) is 5.10 Å². The summed E-state index contributed by atoms with van der Waals surface area (Å²) < 4.78 is 26.8. The molecule has 108 valence electrons. The predicted octanol–water partition coefficient (Wildman–Crippen LogP) is 1.26. The number of carboxylic acid groups (broad SMARTS) is 1. The highest BCUT2D eigenvalue weighted by Gasteiger charge is 2.28. The number of sulfonamides is 1. The minimum Gasteiger partial charge on any atom is -0.476 e. The SMILES string of the molecule is Cc1cscc1CNS(=O)(=O)c1c(C(=O)O)n[nH]c1C. The van der Waals surface area contributed by atoms with Crippen molar-refractivity contribution in [2.45, 2.75) is 25.3 Å². The molecule has 0 radical (unpaired) electrons. The molecule has 0 aliphatic carbocycles. The van der Waals surface area contributed by atoms with Crippen LogP contribution in [0.15, 0.2) is 15.7 Å². The Kier molecular flexibility index (Phi) is 3.93. The van der Waals surface area contributed by atoms with Crippen LogP contribution >= 0.6 is 11.3 Å². The highest BCUT2D eigenvalue weighted by molar-refractivity contribution is 7.89. The van der Waals surface area contributed by atoms with Crippen molar-refractivity contribution in [3.63, 3.8) is 0 Å². The van der Waals surface area contributed by atoms with E-state index >= 15 is 0 Å². The Morgan fingerprint density at radius 2 is 2.15 bits per heavy atom.